The summed E-state index contributed by atoms with van der Waals surface area (Å²) in [6, 6.07) is 3.55. The molecule has 1 aromatic carbocycles. The molecule has 1 saturated heterocycles. The summed E-state index contributed by atoms with van der Waals surface area (Å²) in [6.07, 6.45) is 1.75. The third-order valence-electron chi connectivity index (χ3n) is 3.00. The topological polar surface area (TPSA) is 48.0 Å². The highest BCUT2D eigenvalue weighted by atomic mass is 32.2. The number of thioether (sulfide) groups is 1. The molecule has 2 heterocycles. The summed E-state index contributed by atoms with van der Waals surface area (Å²) in [6.45, 7) is 0.193. The molecule has 0 aromatic heterocycles. The maximum Gasteiger partial charge on any atom is 0.265 e. The molecular formula is C13H11NO4S2. The average Bonchev–Trinajstić information content (AvgIpc) is 2.98. The van der Waals surface area contributed by atoms with Crippen molar-refractivity contribution in [2.45, 2.75) is 0 Å². The Labute approximate surface area is 125 Å². The lowest BCUT2D eigenvalue weighted by molar-refractivity contribution is -0.121. The summed E-state index contributed by atoms with van der Waals surface area (Å²) in [5.74, 6) is 1.79. The lowest BCUT2D eigenvalue weighted by atomic mass is 10.1. The van der Waals surface area contributed by atoms with Gasteiger partial charge in [-0.05, 0) is 12.1 Å². The van der Waals surface area contributed by atoms with E-state index in [4.69, 9.17) is 26.4 Å². The smallest absolute Gasteiger partial charge is 0.265 e. The van der Waals surface area contributed by atoms with Crippen molar-refractivity contribution in [3.05, 3.63) is 22.6 Å². The number of methoxy groups -OCH3 is 1. The van der Waals surface area contributed by atoms with Crippen molar-refractivity contribution in [2.24, 2.45) is 0 Å². The van der Waals surface area contributed by atoms with E-state index in [-0.39, 0.29) is 12.7 Å². The van der Waals surface area contributed by atoms with Gasteiger partial charge in [0.15, 0.2) is 11.5 Å². The molecule has 0 saturated carbocycles. The molecule has 1 aromatic rings. The summed E-state index contributed by atoms with van der Waals surface area (Å²) in [5.41, 5.74) is 0.755. The first-order chi connectivity index (χ1) is 9.60. The molecule has 104 valence electrons. The predicted octanol–water partition coefficient (Wildman–Crippen LogP) is 2.25. The monoisotopic (exact) mass is 309 g/mol. The minimum atomic E-state index is -0.111. The average molecular weight is 309 g/mol. The highest BCUT2D eigenvalue weighted by molar-refractivity contribution is 8.26. The van der Waals surface area contributed by atoms with Crippen molar-refractivity contribution < 1.29 is 19.0 Å². The largest absolute Gasteiger partial charge is 0.496 e. The molecule has 7 heteroatoms. The van der Waals surface area contributed by atoms with Crippen molar-refractivity contribution in [3.63, 3.8) is 0 Å². The first-order valence-electron chi connectivity index (χ1n) is 5.79. The molecule has 1 fully saturated rings. The summed E-state index contributed by atoms with van der Waals surface area (Å²) in [7, 11) is 3.23. The zero-order valence-corrected chi connectivity index (χ0v) is 12.5. The van der Waals surface area contributed by atoms with Gasteiger partial charge in [0.1, 0.15) is 10.1 Å². The molecule has 0 radical (unpaired) electrons. The third kappa shape index (κ3) is 2.12. The number of hydrogen-bond acceptors (Lipinski definition) is 6. The molecular weight excluding hydrogens is 298 g/mol. The van der Waals surface area contributed by atoms with Crippen molar-refractivity contribution in [2.75, 3.05) is 21.0 Å². The van der Waals surface area contributed by atoms with E-state index in [0.717, 1.165) is 5.56 Å². The fraction of sp³-hybridized carbons (Fsp3) is 0.231. The van der Waals surface area contributed by atoms with Gasteiger partial charge in [0.2, 0.25) is 6.79 Å². The summed E-state index contributed by atoms with van der Waals surface area (Å²) < 4.78 is 16.5. The molecule has 0 spiro atoms. The molecule has 0 atom stereocenters. The molecule has 0 aliphatic carbocycles. The quantitative estimate of drug-likeness (QED) is 0.617. The van der Waals surface area contributed by atoms with Crippen LogP contribution in [-0.4, -0.2) is 36.1 Å². The zero-order valence-electron chi connectivity index (χ0n) is 10.8. The van der Waals surface area contributed by atoms with Crippen LogP contribution in [-0.2, 0) is 4.79 Å². The minimum Gasteiger partial charge on any atom is -0.496 e. The summed E-state index contributed by atoms with van der Waals surface area (Å²) >= 11 is 6.37. The van der Waals surface area contributed by atoms with Gasteiger partial charge < -0.3 is 14.2 Å². The number of hydrogen-bond donors (Lipinski definition) is 0. The highest BCUT2D eigenvalue weighted by Crippen LogP contribution is 2.40. The van der Waals surface area contributed by atoms with Crippen LogP contribution in [0.4, 0.5) is 0 Å². The Morgan fingerprint density at radius 3 is 2.70 bits per heavy atom. The lowest BCUT2D eigenvalue weighted by Gasteiger charge is -2.07. The fourth-order valence-corrected chi connectivity index (χ4v) is 3.09. The Kier molecular flexibility index (Phi) is 3.31. The third-order valence-corrected chi connectivity index (χ3v) is 4.48. The second-order valence-corrected chi connectivity index (χ2v) is 5.86. The van der Waals surface area contributed by atoms with E-state index in [1.54, 1.807) is 32.4 Å². The van der Waals surface area contributed by atoms with E-state index >= 15 is 0 Å². The Morgan fingerprint density at radius 2 is 2.10 bits per heavy atom. The molecule has 2 aliphatic rings. The number of fused-ring (bicyclic) bond motifs is 1. The summed E-state index contributed by atoms with van der Waals surface area (Å²) in [5, 5.41) is 0. The second-order valence-electron chi connectivity index (χ2n) is 4.19. The van der Waals surface area contributed by atoms with Crippen LogP contribution in [0.2, 0.25) is 0 Å². The number of benzene rings is 1. The van der Waals surface area contributed by atoms with Crippen LogP contribution in [0.25, 0.3) is 6.08 Å². The van der Waals surface area contributed by atoms with Gasteiger partial charge in [-0.1, -0.05) is 24.0 Å². The van der Waals surface area contributed by atoms with Gasteiger partial charge in [-0.15, -0.1) is 0 Å². The molecule has 20 heavy (non-hydrogen) atoms. The summed E-state index contributed by atoms with van der Waals surface area (Å²) in [4.78, 5) is 14.0. The SMILES string of the molecule is COc1cc2c(cc1/C=C1\SC(=S)N(C)C1=O)OCO2. The van der Waals surface area contributed by atoms with E-state index in [9.17, 15) is 4.79 Å². The molecule has 5 nitrogen and oxygen atoms in total. The Bertz CT molecular complexity index is 642. The lowest BCUT2D eigenvalue weighted by Crippen LogP contribution is -2.22. The van der Waals surface area contributed by atoms with E-state index in [2.05, 4.69) is 0 Å². The van der Waals surface area contributed by atoms with Crippen molar-refractivity contribution in [1.29, 1.82) is 0 Å². The minimum absolute atomic E-state index is 0.111. The van der Waals surface area contributed by atoms with Crippen LogP contribution in [0, 0.1) is 0 Å². The first-order valence-corrected chi connectivity index (χ1v) is 7.02. The van der Waals surface area contributed by atoms with Crippen LogP contribution < -0.4 is 14.2 Å². The van der Waals surface area contributed by atoms with E-state index in [1.807, 2.05) is 0 Å². The number of rotatable bonds is 2. The van der Waals surface area contributed by atoms with Crippen molar-refractivity contribution >= 4 is 40.3 Å². The van der Waals surface area contributed by atoms with Crippen LogP contribution in [0.3, 0.4) is 0 Å². The second kappa shape index (κ2) is 4.99. The van der Waals surface area contributed by atoms with Gasteiger partial charge in [-0.2, -0.15) is 0 Å². The molecule has 0 N–H and O–H groups in total. The molecule has 2 aliphatic heterocycles. The van der Waals surface area contributed by atoms with E-state index in [0.29, 0.717) is 26.5 Å². The van der Waals surface area contributed by atoms with Crippen LogP contribution >= 0.6 is 24.0 Å². The van der Waals surface area contributed by atoms with E-state index < -0.39 is 0 Å². The van der Waals surface area contributed by atoms with Crippen molar-refractivity contribution in [1.82, 2.24) is 4.90 Å². The van der Waals surface area contributed by atoms with Crippen molar-refractivity contribution in [3.8, 4) is 17.2 Å². The normalized spacial score (nSPS) is 19.1. The Morgan fingerprint density at radius 1 is 1.40 bits per heavy atom. The van der Waals surface area contributed by atoms with Gasteiger partial charge in [-0.25, -0.2) is 0 Å². The highest BCUT2D eigenvalue weighted by Gasteiger charge is 2.29. The Hall–Kier alpha value is -1.73. The van der Waals surface area contributed by atoms with Gasteiger partial charge in [0.25, 0.3) is 5.91 Å². The number of ether oxygens (including phenoxy) is 3. The number of carbonyl (C=O) groups is 1. The maximum atomic E-state index is 12.0. The number of likely N-dealkylation sites (N-methyl/N-ethyl adjacent to an activating group) is 1. The standard InChI is InChI=1S/C13H11NO4S2/c1-14-12(15)11(20-13(14)19)4-7-3-9-10(18-6-17-9)5-8(7)16-2/h3-5H,6H2,1-2H3/b11-4-. The number of thiocarbonyl (C=S) groups is 1. The maximum absolute atomic E-state index is 12.0. The van der Waals surface area contributed by atoms with Gasteiger partial charge in [0, 0.05) is 18.7 Å². The van der Waals surface area contributed by atoms with Gasteiger partial charge in [0.05, 0.1) is 12.0 Å². The first kappa shape index (κ1) is 13.3. The van der Waals surface area contributed by atoms with Gasteiger partial charge >= 0.3 is 0 Å². The molecule has 1 amide bonds. The van der Waals surface area contributed by atoms with E-state index in [1.165, 1.54) is 16.7 Å². The van der Waals surface area contributed by atoms with Crippen LogP contribution in [0.15, 0.2) is 17.0 Å². The zero-order chi connectivity index (χ0) is 14.3. The Balaban J connectivity index is 2.03. The fourth-order valence-electron chi connectivity index (χ4n) is 1.92. The number of carbonyl (C=O) groups excluding carboxylic acids is 1. The molecule has 0 bridgehead atoms. The van der Waals surface area contributed by atoms with Crippen LogP contribution in [0.5, 0.6) is 17.2 Å². The van der Waals surface area contributed by atoms with Gasteiger partial charge in [-0.3, -0.25) is 9.69 Å². The number of nitrogens with zero attached hydrogens (tertiary/aromatic N) is 1. The predicted molar refractivity (Wildman–Crippen MR) is 80.1 cm³/mol. The molecule has 0 unspecified atom stereocenters. The molecule has 3 rings (SSSR count). The van der Waals surface area contributed by atoms with Crippen LogP contribution in [0.1, 0.15) is 5.56 Å². The number of amides is 1.